The molecule has 166 valence electrons. The molecule has 33 heavy (non-hydrogen) atoms. The van der Waals surface area contributed by atoms with E-state index in [0.29, 0.717) is 5.52 Å². The highest BCUT2D eigenvalue weighted by Gasteiger charge is 2.17. The number of nitriles is 1. The topological polar surface area (TPSA) is 80.1 Å². The van der Waals surface area contributed by atoms with Crippen molar-refractivity contribution >= 4 is 16.7 Å². The second-order valence-corrected chi connectivity index (χ2v) is 8.03. The van der Waals surface area contributed by atoms with E-state index in [4.69, 9.17) is 14.5 Å². The molecule has 1 aromatic heterocycles. The summed E-state index contributed by atoms with van der Waals surface area (Å²) >= 11 is 0. The largest absolute Gasteiger partial charge is 0.497 e. The van der Waals surface area contributed by atoms with Crippen molar-refractivity contribution in [2.45, 2.75) is 33.4 Å². The second kappa shape index (κ2) is 9.58. The molecule has 0 unspecified atom stereocenters. The number of hydrogen-bond acceptors (Lipinski definition) is 6. The Hall–Kier alpha value is -4.11. The maximum Gasteiger partial charge on any atom is 0.252 e. The molecule has 4 rings (SSSR count). The summed E-state index contributed by atoms with van der Waals surface area (Å²) in [6.07, 6.45) is 0. The molecule has 6 heteroatoms. The summed E-state index contributed by atoms with van der Waals surface area (Å²) in [4.78, 5) is 9.31. The first-order valence-corrected chi connectivity index (χ1v) is 10.8. The molecule has 0 saturated carbocycles. The number of rotatable bonds is 7. The van der Waals surface area contributed by atoms with Crippen LogP contribution < -0.4 is 14.8 Å². The molecule has 1 atom stereocenters. The third-order valence-corrected chi connectivity index (χ3v) is 5.54. The summed E-state index contributed by atoms with van der Waals surface area (Å²) < 4.78 is 11.1. The lowest BCUT2D eigenvalue weighted by molar-refractivity contribution is 0.292. The van der Waals surface area contributed by atoms with E-state index in [9.17, 15) is 5.26 Å². The Morgan fingerprint density at radius 3 is 2.48 bits per heavy atom. The standard InChI is InChI=1S/C27H26N4O2/c1-17-13-22(19(3)29-23-8-6-5-7-18(23)2)26-24(14-17)30-25(15-28)27(31-26)33-16-20-9-11-21(32-4)12-10-20/h5-14,19,29H,16H2,1-4H3/t19-/m1/s1. The van der Waals surface area contributed by atoms with E-state index in [2.05, 4.69) is 48.4 Å². The maximum atomic E-state index is 9.66. The van der Waals surface area contributed by atoms with Gasteiger partial charge < -0.3 is 14.8 Å². The molecular formula is C27H26N4O2. The van der Waals surface area contributed by atoms with Crippen molar-refractivity contribution in [1.82, 2.24) is 9.97 Å². The number of para-hydroxylation sites is 1. The summed E-state index contributed by atoms with van der Waals surface area (Å²) in [5, 5.41) is 13.2. The van der Waals surface area contributed by atoms with Crippen LogP contribution in [-0.4, -0.2) is 17.1 Å². The summed E-state index contributed by atoms with van der Waals surface area (Å²) in [6, 6.07) is 21.9. The summed E-state index contributed by atoms with van der Waals surface area (Å²) in [5.41, 5.74) is 6.81. The van der Waals surface area contributed by atoms with E-state index in [1.54, 1.807) is 7.11 Å². The number of aromatic nitrogens is 2. The van der Waals surface area contributed by atoms with Crippen LogP contribution in [0, 0.1) is 25.2 Å². The first-order valence-electron chi connectivity index (χ1n) is 10.8. The fourth-order valence-corrected chi connectivity index (χ4v) is 3.74. The molecule has 0 saturated heterocycles. The Balaban J connectivity index is 1.69. The number of benzene rings is 3. The van der Waals surface area contributed by atoms with Crippen molar-refractivity contribution in [3.63, 3.8) is 0 Å². The highest BCUT2D eigenvalue weighted by atomic mass is 16.5. The number of aryl methyl sites for hydroxylation is 2. The van der Waals surface area contributed by atoms with E-state index in [1.165, 1.54) is 5.56 Å². The van der Waals surface area contributed by atoms with Crippen molar-refractivity contribution in [3.8, 4) is 17.7 Å². The lowest BCUT2D eigenvalue weighted by Gasteiger charge is -2.20. The summed E-state index contributed by atoms with van der Waals surface area (Å²) in [5.74, 6) is 1.01. The van der Waals surface area contributed by atoms with E-state index >= 15 is 0 Å². The zero-order chi connectivity index (χ0) is 23.4. The van der Waals surface area contributed by atoms with Gasteiger partial charge in [-0.2, -0.15) is 5.26 Å². The van der Waals surface area contributed by atoms with Gasteiger partial charge in [0.15, 0.2) is 0 Å². The van der Waals surface area contributed by atoms with Crippen molar-refractivity contribution in [1.29, 1.82) is 5.26 Å². The van der Waals surface area contributed by atoms with Crippen LogP contribution in [0.3, 0.4) is 0 Å². The number of fused-ring (bicyclic) bond motifs is 1. The fourth-order valence-electron chi connectivity index (χ4n) is 3.74. The molecule has 0 aliphatic carbocycles. The predicted molar refractivity (Wildman–Crippen MR) is 130 cm³/mol. The number of methoxy groups -OCH3 is 1. The van der Waals surface area contributed by atoms with Crippen LogP contribution in [0.15, 0.2) is 60.7 Å². The minimum atomic E-state index is -0.0230. The lowest BCUT2D eigenvalue weighted by Crippen LogP contribution is -2.10. The van der Waals surface area contributed by atoms with Crippen LogP contribution in [0.1, 0.15) is 40.9 Å². The monoisotopic (exact) mass is 438 g/mol. The molecule has 1 N–H and O–H groups in total. The van der Waals surface area contributed by atoms with Crippen LogP contribution in [0.4, 0.5) is 5.69 Å². The first-order chi connectivity index (χ1) is 16.0. The Labute approximate surface area is 193 Å². The van der Waals surface area contributed by atoms with Gasteiger partial charge in [-0.3, -0.25) is 0 Å². The molecular weight excluding hydrogens is 412 g/mol. The first kappa shape index (κ1) is 22.1. The average molecular weight is 439 g/mol. The minimum absolute atomic E-state index is 0.0230. The summed E-state index contributed by atoms with van der Waals surface area (Å²) in [7, 11) is 1.63. The smallest absolute Gasteiger partial charge is 0.252 e. The Morgan fingerprint density at radius 2 is 1.79 bits per heavy atom. The van der Waals surface area contributed by atoms with Crippen LogP contribution >= 0.6 is 0 Å². The number of nitrogens with zero attached hydrogens (tertiary/aromatic N) is 3. The van der Waals surface area contributed by atoms with Crippen LogP contribution in [0.25, 0.3) is 11.0 Å². The van der Waals surface area contributed by atoms with Gasteiger partial charge in [-0.25, -0.2) is 9.97 Å². The molecule has 0 aliphatic heterocycles. The predicted octanol–water partition coefficient (Wildman–Crippen LogP) is 5.88. The molecule has 0 spiro atoms. The molecule has 0 aliphatic rings. The Bertz CT molecular complexity index is 1330. The third kappa shape index (κ3) is 4.88. The normalized spacial score (nSPS) is 11.6. The zero-order valence-corrected chi connectivity index (χ0v) is 19.2. The second-order valence-electron chi connectivity index (χ2n) is 8.03. The minimum Gasteiger partial charge on any atom is -0.497 e. The summed E-state index contributed by atoms with van der Waals surface area (Å²) in [6.45, 7) is 6.47. The van der Waals surface area contributed by atoms with Gasteiger partial charge in [-0.15, -0.1) is 0 Å². The van der Waals surface area contributed by atoms with Gasteiger partial charge >= 0.3 is 0 Å². The highest BCUT2D eigenvalue weighted by molar-refractivity contribution is 5.81. The third-order valence-electron chi connectivity index (χ3n) is 5.54. The molecule has 1 heterocycles. The van der Waals surface area contributed by atoms with E-state index in [1.807, 2.05) is 49.4 Å². The molecule has 0 bridgehead atoms. The number of anilines is 1. The van der Waals surface area contributed by atoms with Crippen molar-refractivity contribution in [2.24, 2.45) is 0 Å². The van der Waals surface area contributed by atoms with Crippen molar-refractivity contribution < 1.29 is 9.47 Å². The molecule has 0 radical (unpaired) electrons. The van der Waals surface area contributed by atoms with Gasteiger partial charge in [0.25, 0.3) is 5.88 Å². The van der Waals surface area contributed by atoms with Crippen LogP contribution in [0.2, 0.25) is 0 Å². The fraction of sp³-hybridized carbons (Fsp3) is 0.222. The number of ether oxygens (including phenoxy) is 2. The molecule has 6 nitrogen and oxygen atoms in total. The zero-order valence-electron chi connectivity index (χ0n) is 19.2. The number of hydrogen-bond donors (Lipinski definition) is 1. The number of nitrogens with one attached hydrogen (secondary N) is 1. The van der Waals surface area contributed by atoms with Crippen LogP contribution in [-0.2, 0) is 6.61 Å². The molecule has 0 fully saturated rings. The SMILES string of the molecule is COc1ccc(COc2nc3c([C@@H](C)Nc4ccccc4C)cc(C)cc3nc2C#N)cc1. The molecule has 0 amide bonds. The highest BCUT2D eigenvalue weighted by Crippen LogP contribution is 2.30. The van der Waals surface area contributed by atoms with Gasteiger partial charge in [0, 0.05) is 11.3 Å². The van der Waals surface area contributed by atoms with Gasteiger partial charge in [0.2, 0.25) is 5.69 Å². The van der Waals surface area contributed by atoms with Crippen LogP contribution in [0.5, 0.6) is 11.6 Å². The van der Waals surface area contributed by atoms with Gasteiger partial charge in [0.1, 0.15) is 18.4 Å². The van der Waals surface area contributed by atoms with Gasteiger partial charge in [-0.1, -0.05) is 36.4 Å². The van der Waals surface area contributed by atoms with Gasteiger partial charge in [-0.05, 0) is 61.7 Å². The molecule has 4 aromatic rings. The van der Waals surface area contributed by atoms with Gasteiger partial charge in [0.05, 0.1) is 24.2 Å². The quantitative estimate of drug-likeness (QED) is 0.388. The maximum absolute atomic E-state index is 9.66. The van der Waals surface area contributed by atoms with E-state index in [0.717, 1.165) is 33.6 Å². The van der Waals surface area contributed by atoms with E-state index < -0.39 is 0 Å². The average Bonchev–Trinajstić information content (AvgIpc) is 2.83. The molecule has 3 aromatic carbocycles. The Morgan fingerprint density at radius 1 is 1.03 bits per heavy atom. The van der Waals surface area contributed by atoms with E-state index in [-0.39, 0.29) is 24.2 Å². The van der Waals surface area contributed by atoms with Crippen molar-refractivity contribution in [3.05, 3.63) is 88.6 Å². The Kier molecular flexibility index (Phi) is 6.41. The lowest BCUT2D eigenvalue weighted by atomic mass is 10.0. The van der Waals surface area contributed by atoms with Crippen molar-refractivity contribution in [2.75, 3.05) is 12.4 Å².